The van der Waals surface area contributed by atoms with E-state index in [0.29, 0.717) is 37.3 Å². The van der Waals surface area contributed by atoms with Crippen LogP contribution in [-0.2, 0) is 19.1 Å². The predicted octanol–water partition coefficient (Wildman–Crippen LogP) is 5.69. The summed E-state index contributed by atoms with van der Waals surface area (Å²) in [4.78, 5) is 34.3. The zero-order chi connectivity index (χ0) is 26.4. The molecular formula is C31H38N2O4. The van der Waals surface area contributed by atoms with Crippen LogP contribution in [0.5, 0.6) is 0 Å². The van der Waals surface area contributed by atoms with E-state index in [1.54, 1.807) is 0 Å². The van der Waals surface area contributed by atoms with E-state index in [2.05, 4.69) is 55.1 Å². The number of rotatable bonds is 10. The van der Waals surface area contributed by atoms with Gasteiger partial charge in [0.25, 0.3) is 0 Å². The molecule has 3 atom stereocenters. The van der Waals surface area contributed by atoms with Crippen molar-refractivity contribution in [1.29, 1.82) is 0 Å². The molecule has 6 nitrogen and oxygen atoms in total. The van der Waals surface area contributed by atoms with Crippen molar-refractivity contribution in [3.8, 4) is 0 Å². The number of nitrogens with zero attached hydrogens (tertiary/aromatic N) is 2. The normalized spacial score (nSPS) is 21.4. The molecule has 0 radical (unpaired) electrons. The van der Waals surface area contributed by atoms with E-state index in [9.17, 15) is 9.59 Å². The highest BCUT2D eigenvalue weighted by molar-refractivity contribution is 6.12. The van der Waals surface area contributed by atoms with Crippen LogP contribution in [0.4, 0.5) is 5.69 Å². The Hall–Kier alpha value is -3.25. The number of allylic oxidation sites excluding steroid dienone is 1. The minimum absolute atomic E-state index is 0.0990. The summed E-state index contributed by atoms with van der Waals surface area (Å²) in [6.45, 7) is 10.9. The zero-order valence-corrected chi connectivity index (χ0v) is 22.4. The maximum Gasteiger partial charge on any atom is 0.336 e. The number of ether oxygens (including phenoxy) is 2. The van der Waals surface area contributed by atoms with Gasteiger partial charge in [0.1, 0.15) is 12.4 Å². The summed E-state index contributed by atoms with van der Waals surface area (Å²) >= 11 is 0. The molecule has 1 heterocycles. The quantitative estimate of drug-likeness (QED) is 0.309. The molecule has 0 N–H and O–H groups in total. The van der Waals surface area contributed by atoms with Gasteiger partial charge in [-0.2, -0.15) is 0 Å². The molecule has 0 spiro atoms. The summed E-state index contributed by atoms with van der Waals surface area (Å²) in [5.41, 5.74) is 5.19. The number of carbonyl (C=O) groups is 2. The van der Waals surface area contributed by atoms with E-state index in [1.165, 1.54) is 0 Å². The fraction of sp³-hybridized carbons (Fsp3) is 0.452. The Kier molecular flexibility index (Phi) is 8.93. The van der Waals surface area contributed by atoms with Gasteiger partial charge >= 0.3 is 5.97 Å². The highest BCUT2D eigenvalue weighted by Crippen LogP contribution is 2.46. The first-order chi connectivity index (χ1) is 18.0. The number of esters is 1. The van der Waals surface area contributed by atoms with E-state index in [-0.39, 0.29) is 18.3 Å². The molecule has 0 amide bonds. The number of hydrogen-bond donors (Lipinski definition) is 0. The Morgan fingerprint density at radius 2 is 1.62 bits per heavy atom. The van der Waals surface area contributed by atoms with Crippen LogP contribution in [0.25, 0.3) is 0 Å². The van der Waals surface area contributed by atoms with Gasteiger partial charge in [0.05, 0.1) is 18.1 Å². The van der Waals surface area contributed by atoms with Gasteiger partial charge in [-0.1, -0.05) is 42.5 Å². The van der Waals surface area contributed by atoms with Crippen molar-refractivity contribution in [2.24, 2.45) is 10.9 Å². The minimum atomic E-state index is -0.461. The molecule has 2 aromatic rings. The number of anilines is 1. The smallest absolute Gasteiger partial charge is 0.336 e. The molecule has 1 aliphatic carbocycles. The highest BCUT2D eigenvalue weighted by atomic mass is 16.6. The molecule has 0 aromatic heterocycles. The van der Waals surface area contributed by atoms with Crippen LogP contribution in [0.15, 0.2) is 70.9 Å². The first-order valence-corrected chi connectivity index (χ1v) is 13.4. The van der Waals surface area contributed by atoms with Crippen LogP contribution in [0, 0.1) is 5.92 Å². The lowest BCUT2D eigenvalue weighted by atomic mass is 9.66. The Bertz CT molecular complexity index is 1150. The number of Topliss-reactive ketones (excluding diaryl/α,β-unsaturated/α-hetero) is 1. The van der Waals surface area contributed by atoms with Gasteiger partial charge in [0, 0.05) is 49.1 Å². The maximum absolute atomic E-state index is 13.8. The van der Waals surface area contributed by atoms with Gasteiger partial charge in [-0.3, -0.25) is 9.79 Å². The van der Waals surface area contributed by atoms with Crippen LogP contribution in [0.3, 0.4) is 0 Å². The van der Waals surface area contributed by atoms with Crippen LogP contribution >= 0.6 is 0 Å². The van der Waals surface area contributed by atoms with E-state index in [0.717, 1.165) is 35.6 Å². The Morgan fingerprint density at radius 1 is 0.919 bits per heavy atom. The molecule has 0 saturated heterocycles. The van der Waals surface area contributed by atoms with Crippen molar-refractivity contribution in [2.75, 3.05) is 37.8 Å². The Labute approximate surface area is 220 Å². The van der Waals surface area contributed by atoms with Crippen molar-refractivity contribution >= 4 is 23.2 Å². The number of benzene rings is 2. The van der Waals surface area contributed by atoms with Gasteiger partial charge in [-0.25, -0.2) is 4.79 Å². The molecular weight excluding hydrogens is 464 g/mol. The summed E-state index contributed by atoms with van der Waals surface area (Å²) < 4.78 is 10.9. The number of ketones is 1. The lowest BCUT2D eigenvalue weighted by Crippen LogP contribution is -2.41. The Balaban J connectivity index is 1.71. The first-order valence-electron chi connectivity index (χ1n) is 13.4. The third-order valence-corrected chi connectivity index (χ3v) is 7.49. The van der Waals surface area contributed by atoms with Crippen molar-refractivity contribution in [2.45, 2.75) is 52.4 Å². The van der Waals surface area contributed by atoms with Gasteiger partial charge < -0.3 is 14.4 Å². The summed E-state index contributed by atoms with van der Waals surface area (Å²) in [7, 11) is 0. The molecule has 6 heteroatoms. The molecule has 1 unspecified atom stereocenters. The average Bonchev–Trinajstić information content (AvgIpc) is 2.91. The average molecular weight is 503 g/mol. The maximum atomic E-state index is 13.8. The van der Waals surface area contributed by atoms with Crippen LogP contribution in [0.2, 0.25) is 0 Å². The van der Waals surface area contributed by atoms with Crippen molar-refractivity contribution in [3.63, 3.8) is 0 Å². The number of carbonyl (C=O) groups excluding carboxylic acids is 2. The minimum Gasteiger partial charge on any atom is -0.460 e. The molecule has 0 bridgehead atoms. The van der Waals surface area contributed by atoms with Gasteiger partial charge in [0.2, 0.25) is 0 Å². The van der Waals surface area contributed by atoms with Crippen molar-refractivity contribution in [3.05, 3.63) is 77.0 Å². The lowest BCUT2D eigenvalue weighted by Gasteiger charge is -2.38. The third kappa shape index (κ3) is 5.85. The summed E-state index contributed by atoms with van der Waals surface area (Å²) in [6.07, 6.45) is 1.14. The van der Waals surface area contributed by atoms with Gasteiger partial charge in [-0.05, 0) is 63.3 Å². The molecule has 37 heavy (non-hydrogen) atoms. The van der Waals surface area contributed by atoms with Crippen LogP contribution in [0.1, 0.15) is 63.5 Å². The highest BCUT2D eigenvalue weighted by Gasteiger charge is 2.46. The topological polar surface area (TPSA) is 68.2 Å². The van der Waals surface area contributed by atoms with Crippen molar-refractivity contribution < 1.29 is 19.1 Å². The molecule has 196 valence electrons. The summed E-state index contributed by atoms with van der Waals surface area (Å²) in [6, 6.07) is 18.4. The molecule has 1 saturated carbocycles. The van der Waals surface area contributed by atoms with Crippen LogP contribution < -0.4 is 4.90 Å². The number of hydrogen-bond acceptors (Lipinski definition) is 6. The first kappa shape index (κ1) is 26.8. The van der Waals surface area contributed by atoms with E-state index < -0.39 is 17.8 Å². The van der Waals surface area contributed by atoms with Crippen LogP contribution in [-0.4, -0.2) is 50.4 Å². The summed E-state index contributed by atoms with van der Waals surface area (Å²) in [5, 5.41) is 0. The fourth-order valence-corrected chi connectivity index (χ4v) is 5.66. The van der Waals surface area contributed by atoms with E-state index in [4.69, 9.17) is 14.5 Å². The van der Waals surface area contributed by atoms with Crippen molar-refractivity contribution in [1.82, 2.24) is 0 Å². The number of fused-ring (bicyclic) bond motifs is 1. The van der Waals surface area contributed by atoms with E-state index >= 15 is 0 Å². The van der Waals surface area contributed by atoms with Gasteiger partial charge in [0.15, 0.2) is 0 Å². The predicted molar refractivity (Wildman–Crippen MR) is 147 cm³/mol. The largest absolute Gasteiger partial charge is 0.460 e. The monoisotopic (exact) mass is 502 g/mol. The standard InChI is InChI=1S/C31H38N2O4/c1-5-33(6-2)25-15-13-23(14-16-25)29-28(31(35)37-18-17-36-7-3)21(4)32-26-19-24(20-27(34)30(26)29)22-11-9-8-10-12-22/h8-16,24,29-30H,5-7,17-20H2,1-4H3/t24-,29-,30?/m1/s1. The second kappa shape index (κ2) is 12.3. The molecule has 2 aliphatic rings. The second-order valence-corrected chi connectivity index (χ2v) is 9.64. The molecule has 1 fully saturated rings. The Morgan fingerprint density at radius 3 is 2.27 bits per heavy atom. The summed E-state index contributed by atoms with van der Waals surface area (Å²) in [5.74, 6) is -1.07. The zero-order valence-electron chi connectivity index (χ0n) is 22.4. The third-order valence-electron chi connectivity index (χ3n) is 7.49. The lowest BCUT2D eigenvalue weighted by molar-refractivity contribution is -0.141. The molecule has 2 aromatic carbocycles. The number of aliphatic imine (C=N–C) groups is 1. The second-order valence-electron chi connectivity index (χ2n) is 9.64. The fourth-order valence-electron chi connectivity index (χ4n) is 5.66. The van der Waals surface area contributed by atoms with Gasteiger partial charge in [-0.15, -0.1) is 0 Å². The molecule has 1 aliphatic heterocycles. The van der Waals surface area contributed by atoms with E-state index in [1.807, 2.05) is 32.0 Å². The molecule has 4 rings (SSSR count). The SMILES string of the molecule is CCOCCOC(=O)C1=C(C)N=C2C[C@@H](c3ccccc3)CC(=O)C2[C@@H]1c1ccc(N(CC)CC)cc1.